The lowest BCUT2D eigenvalue weighted by Gasteiger charge is -2.07. The molecule has 106 valence electrons. The van der Waals surface area contributed by atoms with Gasteiger partial charge < -0.3 is 5.32 Å². The molecule has 1 atom stereocenters. The third kappa shape index (κ3) is 3.25. The van der Waals surface area contributed by atoms with Gasteiger partial charge in [-0.05, 0) is 25.8 Å². The summed E-state index contributed by atoms with van der Waals surface area (Å²) in [6.07, 6.45) is 0.834. The summed E-state index contributed by atoms with van der Waals surface area (Å²) in [5.41, 5.74) is 4.49. The van der Waals surface area contributed by atoms with Gasteiger partial charge in [-0.25, -0.2) is 4.98 Å². The molecular formula is C16H20N2OS. The van der Waals surface area contributed by atoms with Crippen molar-refractivity contribution in [3.05, 3.63) is 34.7 Å². The summed E-state index contributed by atoms with van der Waals surface area (Å²) in [4.78, 5) is 16.4. The molecule has 0 aliphatic heterocycles. The zero-order chi connectivity index (χ0) is 14.7. The van der Waals surface area contributed by atoms with E-state index in [1.165, 1.54) is 22.5 Å². The number of nitrogens with one attached hydrogen (secondary N) is 1. The van der Waals surface area contributed by atoms with Crippen molar-refractivity contribution in [3.8, 4) is 11.3 Å². The van der Waals surface area contributed by atoms with Crippen molar-refractivity contribution in [2.75, 3.05) is 5.32 Å². The Hall–Kier alpha value is -1.68. The lowest BCUT2D eigenvalue weighted by molar-refractivity contribution is -0.119. The first-order chi connectivity index (χ1) is 9.51. The third-order valence-corrected chi connectivity index (χ3v) is 4.21. The Morgan fingerprint density at radius 2 is 2.15 bits per heavy atom. The Morgan fingerprint density at radius 1 is 1.40 bits per heavy atom. The lowest BCUT2D eigenvalue weighted by atomic mass is 10.0. The number of carbonyl (C=O) groups excluding carboxylic acids is 1. The van der Waals surface area contributed by atoms with E-state index in [1.807, 2.05) is 19.2 Å². The standard InChI is InChI=1S/C16H20N2OS/c1-5-11(3)15(19)18-16-17-14(9-20-16)13-7-6-10(2)8-12(13)4/h6-9,11H,5H2,1-4H3,(H,17,18,19). The van der Waals surface area contributed by atoms with Gasteiger partial charge in [0.1, 0.15) is 0 Å². The summed E-state index contributed by atoms with van der Waals surface area (Å²) in [6.45, 7) is 8.09. The van der Waals surface area contributed by atoms with E-state index in [-0.39, 0.29) is 11.8 Å². The molecule has 1 N–H and O–H groups in total. The van der Waals surface area contributed by atoms with Crippen LogP contribution in [0.25, 0.3) is 11.3 Å². The van der Waals surface area contributed by atoms with E-state index in [1.54, 1.807) is 0 Å². The Labute approximate surface area is 124 Å². The highest BCUT2D eigenvalue weighted by Gasteiger charge is 2.13. The summed E-state index contributed by atoms with van der Waals surface area (Å²) < 4.78 is 0. The summed E-state index contributed by atoms with van der Waals surface area (Å²) in [5.74, 6) is 0.0532. The van der Waals surface area contributed by atoms with Crippen LogP contribution in [-0.2, 0) is 4.79 Å². The van der Waals surface area contributed by atoms with Gasteiger partial charge in [0, 0.05) is 16.9 Å². The van der Waals surface area contributed by atoms with E-state index in [4.69, 9.17) is 0 Å². The fraction of sp³-hybridized carbons (Fsp3) is 0.375. The van der Waals surface area contributed by atoms with E-state index in [0.29, 0.717) is 5.13 Å². The number of rotatable bonds is 4. The first kappa shape index (κ1) is 14.7. The van der Waals surface area contributed by atoms with Crippen LogP contribution in [-0.4, -0.2) is 10.9 Å². The molecule has 0 saturated carbocycles. The first-order valence-electron chi connectivity index (χ1n) is 6.85. The molecule has 4 heteroatoms. The molecule has 1 aromatic carbocycles. The molecule has 1 amide bonds. The van der Waals surface area contributed by atoms with Crippen molar-refractivity contribution < 1.29 is 4.79 Å². The van der Waals surface area contributed by atoms with Gasteiger partial charge in [-0.2, -0.15) is 0 Å². The maximum Gasteiger partial charge on any atom is 0.228 e. The van der Waals surface area contributed by atoms with Crippen molar-refractivity contribution in [1.82, 2.24) is 4.98 Å². The monoisotopic (exact) mass is 288 g/mol. The molecule has 0 aliphatic rings. The molecule has 1 heterocycles. The van der Waals surface area contributed by atoms with Crippen molar-refractivity contribution in [3.63, 3.8) is 0 Å². The van der Waals surface area contributed by atoms with E-state index in [0.717, 1.165) is 17.7 Å². The summed E-state index contributed by atoms with van der Waals surface area (Å²) in [6, 6.07) is 6.31. The average molecular weight is 288 g/mol. The van der Waals surface area contributed by atoms with Gasteiger partial charge in [0.05, 0.1) is 5.69 Å². The molecule has 0 spiro atoms. The molecule has 1 aromatic heterocycles. The number of benzene rings is 1. The van der Waals surface area contributed by atoms with Crippen molar-refractivity contribution in [2.24, 2.45) is 5.92 Å². The second-order valence-corrected chi connectivity index (χ2v) is 6.01. The largest absolute Gasteiger partial charge is 0.302 e. The third-order valence-electron chi connectivity index (χ3n) is 3.45. The van der Waals surface area contributed by atoms with Crippen LogP contribution in [0.2, 0.25) is 0 Å². The number of aromatic nitrogens is 1. The van der Waals surface area contributed by atoms with Gasteiger partial charge >= 0.3 is 0 Å². The zero-order valence-corrected chi connectivity index (χ0v) is 13.2. The minimum atomic E-state index is 0.0171. The number of nitrogens with zero attached hydrogens (tertiary/aromatic N) is 1. The van der Waals surface area contributed by atoms with Crippen molar-refractivity contribution >= 4 is 22.4 Å². The summed E-state index contributed by atoms with van der Waals surface area (Å²) >= 11 is 1.47. The predicted octanol–water partition coefficient (Wildman–Crippen LogP) is 4.41. The van der Waals surface area contributed by atoms with Gasteiger partial charge in [0.25, 0.3) is 0 Å². The summed E-state index contributed by atoms with van der Waals surface area (Å²) in [5, 5.41) is 5.54. The van der Waals surface area contributed by atoms with Crippen LogP contribution in [0.1, 0.15) is 31.4 Å². The van der Waals surface area contributed by atoms with E-state index >= 15 is 0 Å². The Bertz CT molecular complexity index is 619. The van der Waals surface area contributed by atoms with Crippen LogP contribution in [0.4, 0.5) is 5.13 Å². The second kappa shape index (κ2) is 6.18. The van der Waals surface area contributed by atoms with Crippen LogP contribution in [0, 0.1) is 19.8 Å². The van der Waals surface area contributed by atoms with Crippen LogP contribution >= 0.6 is 11.3 Å². The molecule has 3 nitrogen and oxygen atoms in total. The minimum absolute atomic E-state index is 0.0171. The van der Waals surface area contributed by atoms with Crippen molar-refractivity contribution in [1.29, 1.82) is 0 Å². The Kier molecular flexibility index (Phi) is 4.55. The van der Waals surface area contributed by atoms with E-state index < -0.39 is 0 Å². The topological polar surface area (TPSA) is 42.0 Å². The Morgan fingerprint density at radius 3 is 2.80 bits per heavy atom. The van der Waals surface area contributed by atoms with E-state index in [2.05, 4.69) is 42.3 Å². The molecule has 2 aromatic rings. The predicted molar refractivity (Wildman–Crippen MR) is 85.1 cm³/mol. The minimum Gasteiger partial charge on any atom is -0.302 e. The summed E-state index contributed by atoms with van der Waals surface area (Å²) in [7, 11) is 0. The highest BCUT2D eigenvalue weighted by atomic mass is 32.1. The molecule has 0 fully saturated rings. The normalized spacial score (nSPS) is 12.2. The SMILES string of the molecule is CCC(C)C(=O)Nc1nc(-c2ccc(C)cc2C)cs1. The number of hydrogen-bond donors (Lipinski definition) is 1. The number of aryl methyl sites for hydroxylation is 2. The van der Waals surface area contributed by atoms with Gasteiger partial charge in [0.15, 0.2) is 5.13 Å². The smallest absolute Gasteiger partial charge is 0.228 e. The first-order valence-corrected chi connectivity index (χ1v) is 7.73. The van der Waals surface area contributed by atoms with Gasteiger partial charge in [-0.15, -0.1) is 11.3 Å². The Balaban J connectivity index is 2.18. The van der Waals surface area contributed by atoms with Gasteiger partial charge in [-0.1, -0.05) is 37.6 Å². The number of carbonyl (C=O) groups is 1. The fourth-order valence-corrected chi connectivity index (χ4v) is 2.68. The molecule has 0 radical (unpaired) electrons. The zero-order valence-electron chi connectivity index (χ0n) is 12.4. The highest BCUT2D eigenvalue weighted by Crippen LogP contribution is 2.28. The quantitative estimate of drug-likeness (QED) is 0.905. The average Bonchev–Trinajstić information content (AvgIpc) is 2.85. The molecule has 0 bridgehead atoms. The maximum absolute atomic E-state index is 11.9. The van der Waals surface area contributed by atoms with Gasteiger partial charge in [0.2, 0.25) is 5.91 Å². The lowest BCUT2D eigenvalue weighted by Crippen LogP contribution is -2.19. The van der Waals surface area contributed by atoms with Crippen LogP contribution in [0.3, 0.4) is 0 Å². The molecule has 20 heavy (non-hydrogen) atoms. The molecule has 0 saturated heterocycles. The number of anilines is 1. The molecular weight excluding hydrogens is 268 g/mol. The molecule has 0 aliphatic carbocycles. The van der Waals surface area contributed by atoms with Crippen LogP contribution < -0.4 is 5.32 Å². The van der Waals surface area contributed by atoms with Crippen LogP contribution in [0.15, 0.2) is 23.6 Å². The molecule has 1 unspecified atom stereocenters. The number of thiazole rings is 1. The van der Waals surface area contributed by atoms with E-state index in [9.17, 15) is 4.79 Å². The van der Waals surface area contributed by atoms with Gasteiger partial charge in [-0.3, -0.25) is 4.79 Å². The number of amides is 1. The number of hydrogen-bond acceptors (Lipinski definition) is 3. The maximum atomic E-state index is 11.9. The second-order valence-electron chi connectivity index (χ2n) is 5.15. The molecule has 2 rings (SSSR count). The highest BCUT2D eigenvalue weighted by molar-refractivity contribution is 7.14. The van der Waals surface area contributed by atoms with Crippen molar-refractivity contribution in [2.45, 2.75) is 34.1 Å². The van der Waals surface area contributed by atoms with Crippen LogP contribution in [0.5, 0.6) is 0 Å². The fourth-order valence-electron chi connectivity index (χ4n) is 1.97.